The summed E-state index contributed by atoms with van der Waals surface area (Å²) in [5, 5.41) is 6.17. The first-order valence-corrected chi connectivity index (χ1v) is 7.66. The molecular weight excluding hydrogens is 280 g/mol. The summed E-state index contributed by atoms with van der Waals surface area (Å²) in [6, 6.07) is 8.16. The minimum atomic E-state index is -0.458. The number of benzene rings is 1. The number of rotatable bonds is 7. The van der Waals surface area contributed by atoms with Gasteiger partial charge in [0.1, 0.15) is 11.4 Å². The van der Waals surface area contributed by atoms with Crippen LogP contribution in [-0.4, -0.2) is 31.9 Å². The second-order valence-electron chi connectivity index (χ2n) is 6.20. The van der Waals surface area contributed by atoms with E-state index in [4.69, 9.17) is 9.47 Å². The Hall–Kier alpha value is -1.75. The van der Waals surface area contributed by atoms with Crippen LogP contribution in [0, 0.1) is 0 Å². The molecule has 0 fully saturated rings. The minimum Gasteiger partial charge on any atom is -0.496 e. The lowest BCUT2D eigenvalue weighted by molar-refractivity contribution is 0.0527. The van der Waals surface area contributed by atoms with Crippen molar-refractivity contribution < 1.29 is 14.3 Å². The average Bonchev–Trinajstić information content (AvgIpc) is 2.44. The number of nitrogens with one attached hydrogen (secondary N) is 2. The molecule has 0 unspecified atom stereocenters. The zero-order valence-electron chi connectivity index (χ0n) is 14.2. The average molecular weight is 308 g/mol. The molecule has 0 saturated heterocycles. The molecule has 1 amide bonds. The van der Waals surface area contributed by atoms with Gasteiger partial charge in [-0.3, -0.25) is 0 Å². The molecule has 0 radical (unpaired) electrons. The highest BCUT2D eigenvalue weighted by Gasteiger charge is 2.15. The molecule has 0 aliphatic heterocycles. The number of hydrogen-bond acceptors (Lipinski definition) is 4. The smallest absolute Gasteiger partial charge is 0.407 e. The largest absolute Gasteiger partial charge is 0.496 e. The molecular formula is C17H28N2O3. The Bertz CT molecular complexity index is 469. The maximum Gasteiger partial charge on any atom is 0.407 e. The molecule has 0 saturated carbocycles. The molecule has 1 aromatic carbocycles. The fraction of sp³-hybridized carbons (Fsp3) is 0.588. The molecule has 0 bridgehead atoms. The molecule has 0 spiro atoms. The third-order valence-corrected chi connectivity index (χ3v) is 3.08. The Morgan fingerprint density at radius 3 is 2.55 bits per heavy atom. The molecule has 0 aliphatic carbocycles. The lowest BCUT2D eigenvalue weighted by Crippen LogP contribution is -2.34. The van der Waals surface area contributed by atoms with Gasteiger partial charge in [-0.1, -0.05) is 18.2 Å². The number of methoxy groups -OCH3 is 1. The van der Waals surface area contributed by atoms with E-state index in [0.717, 1.165) is 24.3 Å². The predicted octanol–water partition coefficient (Wildman–Crippen LogP) is 3.26. The normalized spacial score (nSPS) is 12.6. The highest BCUT2D eigenvalue weighted by atomic mass is 16.6. The predicted molar refractivity (Wildman–Crippen MR) is 88.3 cm³/mol. The van der Waals surface area contributed by atoms with Gasteiger partial charge < -0.3 is 20.1 Å². The van der Waals surface area contributed by atoms with E-state index in [1.165, 1.54) is 0 Å². The Labute approximate surface area is 133 Å². The van der Waals surface area contributed by atoms with E-state index >= 15 is 0 Å². The third kappa shape index (κ3) is 6.80. The zero-order chi connectivity index (χ0) is 16.6. The summed E-state index contributed by atoms with van der Waals surface area (Å²) in [7, 11) is 1.68. The molecule has 1 rings (SSSR count). The topological polar surface area (TPSA) is 59.6 Å². The first-order valence-electron chi connectivity index (χ1n) is 7.66. The standard InChI is InChI=1S/C17H28N2O3/c1-13(14-9-6-7-10-15(14)21-5)18-11-8-12-19-16(20)22-17(2,3)4/h6-7,9-10,13,18H,8,11-12H2,1-5H3,(H,19,20)/t13-/m0/s1. The molecule has 5 heteroatoms. The van der Waals surface area contributed by atoms with Crippen LogP contribution in [0.4, 0.5) is 4.79 Å². The highest BCUT2D eigenvalue weighted by Crippen LogP contribution is 2.23. The van der Waals surface area contributed by atoms with Gasteiger partial charge in [0.2, 0.25) is 0 Å². The SMILES string of the molecule is COc1ccccc1[C@H](C)NCCCNC(=O)OC(C)(C)C. The van der Waals surface area contributed by atoms with E-state index in [1.807, 2.05) is 39.0 Å². The first-order chi connectivity index (χ1) is 10.3. The van der Waals surface area contributed by atoms with Gasteiger partial charge in [-0.05, 0) is 46.7 Å². The number of amides is 1. The van der Waals surface area contributed by atoms with Gasteiger partial charge in [-0.2, -0.15) is 0 Å². The summed E-state index contributed by atoms with van der Waals surface area (Å²) in [5.74, 6) is 0.884. The lowest BCUT2D eigenvalue weighted by atomic mass is 10.1. The van der Waals surface area contributed by atoms with Crippen LogP contribution in [0.1, 0.15) is 45.7 Å². The second kappa shape index (κ2) is 8.63. The van der Waals surface area contributed by atoms with Crippen molar-refractivity contribution in [1.82, 2.24) is 10.6 Å². The fourth-order valence-corrected chi connectivity index (χ4v) is 2.05. The Balaban J connectivity index is 2.26. The summed E-state index contributed by atoms with van der Waals surface area (Å²) in [5.41, 5.74) is 0.672. The van der Waals surface area contributed by atoms with Gasteiger partial charge in [0.15, 0.2) is 0 Å². The molecule has 1 aromatic rings. The molecule has 5 nitrogen and oxygen atoms in total. The maximum atomic E-state index is 11.5. The van der Waals surface area contributed by atoms with E-state index in [0.29, 0.717) is 6.54 Å². The van der Waals surface area contributed by atoms with Gasteiger partial charge in [0, 0.05) is 18.2 Å². The van der Waals surface area contributed by atoms with E-state index in [1.54, 1.807) is 7.11 Å². The lowest BCUT2D eigenvalue weighted by Gasteiger charge is -2.20. The van der Waals surface area contributed by atoms with Crippen molar-refractivity contribution in [2.75, 3.05) is 20.2 Å². The van der Waals surface area contributed by atoms with E-state index in [2.05, 4.69) is 23.6 Å². The van der Waals surface area contributed by atoms with Crippen molar-refractivity contribution in [1.29, 1.82) is 0 Å². The summed E-state index contributed by atoms with van der Waals surface area (Å²) in [4.78, 5) is 11.5. The summed E-state index contributed by atoms with van der Waals surface area (Å²) < 4.78 is 10.5. The van der Waals surface area contributed by atoms with Gasteiger partial charge in [0.05, 0.1) is 7.11 Å². The number of carbonyl (C=O) groups excluding carboxylic acids is 1. The molecule has 2 N–H and O–H groups in total. The zero-order valence-corrected chi connectivity index (χ0v) is 14.2. The maximum absolute atomic E-state index is 11.5. The van der Waals surface area contributed by atoms with Crippen LogP contribution in [0.15, 0.2) is 24.3 Å². The molecule has 0 heterocycles. The molecule has 124 valence electrons. The highest BCUT2D eigenvalue weighted by molar-refractivity contribution is 5.67. The van der Waals surface area contributed by atoms with Crippen LogP contribution in [0.5, 0.6) is 5.75 Å². The molecule has 22 heavy (non-hydrogen) atoms. The van der Waals surface area contributed by atoms with Gasteiger partial charge in [-0.25, -0.2) is 4.79 Å². The van der Waals surface area contributed by atoms with Gasteiger partial charge >= 0.3 is 6.09 Å². The van der Waals surface area contributed by atoms with Crippen molar-refractivity contribution in [3.63, 3.8) is 0 Å². The van der Waals surface area contributed by atoms with E-state index < -0.39 is 5.60 Å². The van der Waals surface area contributed by atoms with E-state index in [-0.39, 0.29) is 12.1 Å². The number of carbonyl (C=O) groups is 1. The number of ether oxygens (including phenoxy) is 2. The van der Waals surface area contributed by atoms with Crippen molar-refractivity contribution in [2.24, 2.45) is 0 Å². The number of alkyl carbamates (subject to hydrolysis) is 1. The molecule has 0 aliphatic rings. The third-order valence-electron chi connectivity index (χ3n) is 3.08. The molecule has 0 aromatic heterocycles. The first kappa shape index (κ1) is 18.3. The van der Waals surface area contributed by atoms with Gasteiger partial charge in [-0.15, -0.1) is 0 Å². The van der Waals surface area contributed by atoms with Crippen molar-refractivity contribution >= 4 is 6.09 Å². The van der Waals surface area contributed by atoms with E-state index in [9.17, 15) is 4.79 Å². The van der Waals surface area contributed by atoms with Crippen LogP contribution in [0.25, 0.3) is 0 Å². The van der Waals surface area contributed by atoms with Crippen LogP contribution in [0.3, 0.4) is 0 Å². The van der Waals surface area contributed by atoms with Crippen molar-refractivity contribution in [3.8, 4) is 5.75 Å². The Morgan fingerprint density at radius 2 is 1.91 bits per heavy atom. The summed E-state index contributed by atoms with van der Waals surface area (Å²) in [6.45, 7) is 9.03. The number of hydrogen-bond donors (Lipinski definition) is 2. The summed E-state index contributed by atoms with van der Waals surface area (Å²) >= 11 is 0. The van der Waals surface area contributed by atoms with Crippen LogP contribution < -0.4 is 15.4 Å². The van der Waals surface area contributed by atoms with Crippen LogP contribution >= 0.6 is 0 Å². The quantitative estimate of drug-likeness (QED) is 0.759. The second-order valence-corrected chi connectivity index (χ2v) is 6.20. The Morgan fingerprint density at radius 1 is 1.23 bits per heavy atom. The van der Waals surface area contributed by atoms with Crippen molar-refractivity contribution in [3.05, 3.63) is 29.8 Å². The van der Waals surface area contributed by atoms with Crippen LogP contribution in [0.2, 0.25) is 0 Å². The van der Waals surface area contributed by atoms with Gasteiger partial charge in [0.25, 0.3) is 0 Å². The fourth-order valence-electron chi connectivity index (χ4n) is 2.05. The van der Waals surface area contributed by atoms with Crippen LogP contribution in [-0.2, 0) is 4.74 Å². The summed E-state index contributed by atoms with van der Waals surface area (Å²) in [6.07, 6.45) is 0.462. The Kier molecular flexibility index (Phi) is 7.18. The monoisotopic (exact) mass is 308 g/mol. The minimum absolute atomic E-state index is 0.192. The molecule has 1 atom stereocenters. The van der Waals surface area contributed by atoms with Crippen molar-refractivity contribution in [2.45, 2.75) is 45.8 Å². The number of para-hydroxylation sites is 1.